The highest BCUT2D eigenvalue weighted by Gasteiger charge is 2.26. The van der Waals surface area contributed by atoms with E-state index < -0.39 is 0 Å². The first kappa shape index (κ1) is 9.72. The maximum Gasteiger partial charge on any atom is 0.0687 e. The van der Waals surface area contributed by atoms with Crippen molar-refractivity contribution in [3.63, 3.8) is 0 Å². The highest BCUT2D eigenvalue weighted by atomic mass is 79.9. The zero-order valence-electron chi connectivity index (χ0n) is 7.86. The molecule has 14 heavy (non-hydrogen) atoms. The monoisotopic (exact) mass is 253 g/mol. The average molecular weight is 254 g/mol. The van der Waals surface area contributed by atoms with Crippen LogP contribution in [0.3, 0.4) is 0 Å². The van der Waals surface area contributed by atoms with Crippen LogP contribution in [-0.4, -0.2) is 9.78 Å². The summed E-state index contributed by atoms with van der Waals surface area (Å²) >= 11 is 3.37. The molecule has 0 spiro atoms. The summed E-state index contributed by atoms with van der Waals surface area (Å²) in [5, 5.41) is 13.3. The van der Waals surface area contributed by atoms with Crippen molar-refractivity contribution in [2.75, 3.05) is 0 Å². The third kappa shape index (κ3) is 1.83. The van der Waals surface area contributed by atoms with E-state index in [1.807, 2.05) is 10.9 Å². The van der Waals surface area contributed by atoms with Gasteiger partial charge in [-0.05, 0) is 28.8 Å². The van der Waals surface area contributed by atoms with Gasteiger partial charge in [-0.2, -0.15) is 10.4 Å². The Balaban J connectivity index is 2.19. The van der Waals surface area contributed by atoms with Crippen molar-refractivity contribution in [3.05, 3.63) is 16.9 Å². The molecule has 0 N–H and O–H groups in total. The van der Waals surface area contributed by atoms with E-state index in [9.17, 15) is 0 Å². The van der Waals surface area contributed by atoms with Crippen molar-refractivity contribution in [2.45, 2.75) is 31.7 Å². The van der Waals surface area contributed by atoms with E-state index in [-0.39, 0.29) is 12.0 Å². The van der Waals surface area contributed by atoms with Crippen molar-refractivity contribution >= 4 is 15.9 Å². The number of nitrogens with zero attached hydrogens (tertiary/aromatic N) is 3. The highest BCUT2D eigenvalue weighted by molar-refractivity contribution is 9.10. The van der Waals surface area contributed by atoms with Crippen LogP contribution in [-0.2, 0) is 0 Å². The molecule has 3 nitrogen and oxygen atoms in total. The van der Waals surface area contributed by atoms with E-state index in [0.29, 0.717) is 0 Å². The molecule has 0 amide bonds. The van der Waals surface area contributed by atoms with Crippen LogP contribution < -0.4 is 0 Å². The van der Waals surface area contributed by atoms with Crippen LogP contribution in [0.5, 0.6) is 0 Å². The van der Waals surface area contributed by atoms with Crippen molar-refractivity contribution in [2.24, 2.45) is 5.92 Å². The molecule has 2 atom stereocenters. The zero-order valence-corrected chi connectivity index (χ0v) is 9.44. The minimum absolute atomic E-state index is 0.135. The first-order valence-corrected chi connectivity index (χ1v) is 5.70. The number of rotatable bonds is 1. The zero-order chi connectivity index (χ0) is 9.97. The Labute approximate surface area is 91.8 Å². The largest absolute Gasteiger partial charge is 0.267 e. The maximum absolute atomic E-state index is 9.03. The predicted octanol–water partition coefficient (Wildman–Crippen LogP) is 2.90. The molecule has 1 fully saturated rings. The summed E-state index contributed by atoms with van der Waals surface area (Å²) in [4.78, 5) is 0. The van der Waals surface area contributed by atoms with E-state index in [0.717, 1.165) is 17.3 Å². The Morgan fingerprint density at radius 1 is 1.50 bits per heavy atom. The molecule has 1 heterocycles. The Morgan fingerprint density at radius 2 is 2.29 bits per heavy atom. The second kappa shape index (κ2) is 4.14. The van der Waals surface area contributed by atoms with E-state index in [1.165, 1.54) is 12.8 Å². The first-order chi connectivity index (χ1) is 6.81. The quantitative estimate of drug-likeness (QED) is 0.773. The lowest BCUT2D eigenvalue weighted by Crippen LogP contribution is -2.22. The van der Waals surface area contributed by atoms with Crippen LogP contribution >= 0.6 is 15.9 Å². The molecular weight excluding hydrogens is 242 g/mol. The molecule has 4 heteroatoms. The fourth-order valence-electron chi connectivity index (χ4n) is 2.07. The number of nitriles is 1. The molecule has 2 rings (SSSR count). The molecule has 0 aromatic carbocycles. The molecule has 1 aliphatic carbocycles. The molecular formula is C10H12BrN3. The number of aromatic nitrogens is 2. The molecule has 1 aliphatic rings. The Kier molecular flexibility index (Phi) is 2.87. The van der Waals surface area contributed by atoms with Gasteiger partial charge in [0.05, 0.1) is 28.7 Å². The van der Waals surface area contributed by atoms with Crippen LogP contribution in [0.25, 0.3) is 0 Å². The second-order valence-electron chi connectivity index (χ2n) is 3.73. The molecule has 0 bridgehead atoms. The van der Waals surface area contributed by atoms with Gasteiger partial charge in [0.15, 0.2) is 0 Å². The molecule has 0 aliphatic heterocycles. The third-order valence-electron chi connectivity index (χ3n) is 2.81. The molecule has 0 saturated heterocycles. The lowest BCUT2D eigenvalue weighted by molar-refractivity contribution is 0.270. The van der Waals surface area contributed by atoms with Gasteiger partial charge in [-0.3, -0.25) is 4.68 Å². The summed E-state index contributed by atoms with van der Waals surface area (Å²) < 4.78 is 2.91. The molecule has 2 unspecified atom stereocenters. The van der Waals surface area contributed by atoms with Crippen molar-refractivity contribution in [3.8, 4) is 6.07 Å². The van der Waals surface area contributed by atoms with E-state index in [4.69, 9.17) is 5.26 Å². The average Bonchev–Trinajstić information content (AvgIpc) is 2.65. The Bertz CT molecular complexity index is 352. The smallest absolute Gasteiger partial charge is 0.0687 e. The second-order valence-corrected chi connectivity index (χ2v) is 4.64. The summed E-state index contributed by atoms with van der Waals surface area (Å²) in [5.74, 6) is 0.135. The van der Waals surface area contributed by atoms with E-state index in [1.54, 1.807) is 6.20 Å². The van der Waals surface area contributed by atoms with Gasteiger partial charge in [0.1, 0.15) is 0 Å². The number of halogens is 1. The summed E-state index contributed by atoms with van der Waals surface area (Å²) in [7, 11) is 0. The van der Waals surface area contributed by atoms with Crippen LogP contribution in [0, 0.1) is 17.2 Å². The van der Waals surface area contributed by atoms with Gasteiger partial charge >= 0.3 is 0 Å². The van der Waals surface area contributed by atoms with Gasteiger partial charge in [0, 0.05) is 6.20 Å². The van der Waals surface area contributed by atoms with Crippen LogP contribution in [0.4, 0.5) is 0 Å². The van der Waals surface area contributed by atoms with Gasteiger partial charge < -0.3 is 0 Å². The van der Waals surface area contributed by atoms with Gasteiger partial charge in [-0.1, -0.05) is 12.8 Å². The van der Waals surface area contributed by atoms with Gasteiger partial charge in [0.25, 0.3) is 0 Å². The lowest BCUT2D eigenvalue weighted by atomic mass is 9.86. The predicted molar refractivity (Wildman–Crippen MR) is 56.5 cm³/mol. The van der Waals surface area contributed by atoms with Crippen molar-refractivity contribution < 1.29 is 0 Å². The summed E-state index contributed by atoms with van der Waals surface area (Å²) in [6, 6.07) is 2.66. The van der Waals surface area contributed by atoms with Crippen LogP contribution in [0.15, 0.2) is 16.9 Å². The van der Waals surface area contributed by atoms with Gasteiger partial charge in [-0.25, -0.2) is 0 Å². The topological polar surface area (TPSA) is 41.6 Å². The maximum atomic E-state index is 9.03. The Hall–Kier alpha value is -0.820. The van der Waals surface area contributed by atoms with Crippen molar-refractivity contribution in [1.29, 1.82) is 5.26 Å². The fraction of sp³-hybridized carbons (Fsp3) is 0.600. The molecule has 1 saturated carbocycles. The SMILES string of the molecule is N#CC1CCCCC1n1cc(Br)cn1. The summed E-state index contributed by atoms with van der Waals surface area (Å²) in [6.45, 7) is 0. The summed E-state index contributed by atoms with van der Waals surface area (Å²) in [6.07, 6.45) is 8.21. The highest BCUT2D eigenvalue weighted by Crippen LogP contribution is 2.33. The number of hydrogen-bond donors (Lipinski definition) is 0. The van der Waals surface area contributed by atoms with Gasteiger partial charge in [0.2, 0.25) is 0 Å². The molecule has 74 valence electrons. The number of hydrogen-bond acceptors (Lipinski definition) is 2. The first-order valence-electron chi connectivity index (χ1n) is 4.90. The minimum atomic E-state index is 0.135. The standard InChI is InChI=1S/C10H12BrN3/c11-9-6-13-14(7-9)10-4-2-1-3-8(10)5-12/h6-8,10H,1-4H2. The Morgan fingerprint density at radius 3 is 2.93 bits per heavy atom. The minimum Gasteiger partial charge on any atom is -0.267 e. The van der Waals surface area contributed by atoms with Crippen molar-refractivity contribution in [1.82, 2.24) is 9.78 Å². The molecule has 1 aromatic heterocycles. The summed E-state index contributed by atoms with van der Waals surface area (Å²) in [5.41, 5.74) is 0. The lowest BCUT2D eigenvalue weighted by Gasteiger charge is -2.26. The van der Waals surface area contributed by atoms with Crippen LogP contribution in [0.2, 0.25) is 0 Å². The molecule has 0 radical (unpaired) electrons. The van der Waals surface area contributed by atoms with Gasteiger partial charge in [-0.15, -0.1) is 0 Å². The molecule has 1 aromatic rings. The third-order valence-corrected chi connectivity index (χ3v) is 3.21. The normalized spacial score (nSPS) is 27.1. The fourth-order valence-corrected chi connectivity index (χ4v) is 2.38. The van der Waals surface area contributed by atoms with E-state index >= 15 is 0 Å². The van der Waals surface area contributed by atoms with E-state index in [2.05, 4.69) is 27.1 Å². The van der Waals surface area contributed by atoms with Crippen LogP contribution in [0.1, 0.15) is 31.7 Å².